The molecule has 314 valence electrons. The molecular weight excluding hydrogens is 692 g/mol. The van der Waals surface area contributed by atoms with E-state index in [4.69, 9.17) is 23.7 Å². The first kappa shape index (κ1) is 47.7. The molecule has 13 heteroatoms. The third kappa shape index (κ3) is 23.4. The van der Waals surface area contributed by atoms with E-state index < -0.39 is 12.1 Å². The fraction of sp³-hybridized carbons (Fsp3) is 0.902. The number of urea groups is 1. The van der Waals surface area contributed by atoms with Crippen LogP contribution in [0.2, 0.25) is 0 Å². The van der Waals surface area contributed by atoms with Gasteiger partial charge in [0.2, 0.25) is 0 Å². The highest BCUT2D eigenvalue weighted by Gasteiger charge is 2.33. The minimum atomic E-state index is -0.618. The second-order valence-corrected chi connectivity index (χ2v) is 15.2. The van der Waals surface area contributed by atoms with Crippen LogP contribution >= 0.6 is 0 Å². The van der Waals surface area contributed by atoms with Crippen LogP contribution in [-0.4, -0.2) is 135 Å². The number of nitrogens with one attached hydrogen (secondary N) is 1. The lowest BCUT2D eigenvalue weighted by molar-refractivity contribution is -0.153. The van der Waals surface area contributed by atoms with Crippen LogP contribution in [0.25, 0.3) is 0 Å². The molecule has 1 N–H and O–H groups in total. The number of nitrogens with zero attached hydrogens (tertiary/aromatic N) is 3. The summed E-state index contributed by atoms with van der Waals surface area (Å²) in [5, 5.41) is 2.88. The molecule has 0 aliphatic carbocycles. The second-order valence-electron chi connectivity index (χ2n) is 15.2. The Balaban J connectivity index is 1.57. The summed E-state index contributed by atoms with van der Waals surface area (Å²) >= 11 is 0. The average Bonchev–Trinajstić information content (AvgIpc) is 4.05. The smallest absolute Gasteiger partial charge is 0.417 e. The highest BCUT2D eigenvalue weighted by molar-refractivity contribution is 5.90. The van der Waals surface area contributed by atoms with Gasteiger partial charge in [0, 0.05) is 77.4 Å². The molecule has 0 aromatic heterocycles. The lowest BCUT2D eigenvalue weighted by Crippen LogP contribution is -2.45. The van der Waals surface area contributed by atoms with E-state index >= 15 is 0 Å². The van der Waals surface area contributed by atoms with E-state index in [-0.39, 0.29) is 37.3 Å². The SMILES string of the molecule is CCCCOCC(CN1CC1C)OC(=O)CCCCCCCNC(=O)N(CCCCCCCC(=O)OC(COCCCC)CN1CC1C)C(=O)OCCC. The molecular formula is C41H76N4O9. The van der Waals surface area contributed by atoms with Crippen LogP contribution in [0.15, 0.2) is 0 Å². The van der Waals surface area contributed by atoms with Gasteiger partial charge in [0.25, 0.3) is 0 Å². The van der Waals surface area contributed by atoms with Gasteiger partial charge in [-0.15, -0.1) is 0 Å². The molecule has 0 saturated carbocycles. The summed E-state index contributed by atoms with van der Waals surface area (Å²) < 4.78 is 28.3. The summed E-state index contributed by atoms with van der Waals surface area (Å²) in [6.07, 6.45) is 12.9. The minimum absolute atomic E-state index is 0.166. The summed E-state index contributed by atoms with van der Waals surface area (Å²) in [5.74, 6) is -0.346. The fourth-order valence-electron chi connectivity index (χ4n) is 6.10. The summed E-state index contributed by atoms with van der Waals surface area (Å²) in [6.45, 7) is 17.3. The molecule has 6 atom stereocenters. The number of unbranched alkanes of at least 4 members (excludes halogenated alkanes) is 10. The molecule has 0 radical (unpaired) electrons. The molecule has 6 unspecified atom stereocenters. The number of hydrogen-bond donors (Lipinski definition) is 1. The maximum Gasteiger partial charge on any atom is 0.417 e. The monoisotopic (exact) mass is 769 g/mol. The van der Waals surface area contributed by atoms with E-state index in [9.17, 15) is 19.2 Å². The van der Waals surface area contributed by atoms with Gasteiger partial charge in [-0.3, -0.25) is 19.4 Å². The Kier molecular flexibility index (Phi) is 26.3. The maximum absolute atomic E-state index is 12.9. The molecule has 54 heavy (non-hydrogen) atoms. The van der Waals surface area contributed by atoms with E-state index in [0.717, 1.165) is 110 Å². The fourth-order valence-corrected chi connectivity index (χ4v) is 6.10. The van der Waals surface area contributed by atoms with Crippen molar-refractivity contribution in [2.45, 2.75) is 168 Å². The summed E-state index contributed by atoms with van der Waals surface area (Å²) in [4.78, 5) is 56.4. The first-order chi connectivity index (χ1) is 26.2. The van der Waals surface area contributed by atoms with E-state index in [2.05, 4.69) is 42.8 Å². The first-order valence-electron chi connectivity index (χ1n) is 21.4. The third-order valence-corrected chi connectivity index (χ3v) is 9.83. The second kappa shape index (κ2) is 29.8. The van der Waals surface area contributed by atoms with Gasteiger partial charge in [-0.05, 0) is 58.8 Å². The van der Waals surface area contributed by atoms with Crippen molar-refractivity contribution < 1.29 is 42.9 Å². The van der Waals surface area contributed by atoms with E-state index in [1.807, 2.05) is 6.92 Å². The zero-order chi connectivity index (χ0) is 39.4. The van der Waals surface area contributed by atoms with Crippen molar-refractivity contribution in [3.05, 3.63) is 0 Å². The topological polar surface area (TPSA) is 136 Å². The average molecular weight is 769 g/mol. The van der Waals surface area contributed by atoms with Crippen molar-refractivity contribution in [2.24, 2.45) is 0 Å². The van der Waals surface area contributed by atoms with Gasteiger partial charge in [0.15, 0.2) is 0 Å². The number of imide groups is 1. The molecule has 2 aliphatic heterocycles. The quantitative estimate of drug-likeness (QED) is 0.0311. The van der Waals surface area contributed by atoms with Crippen LogP contribution in [0.4, 0.5) is 9.59 Å². The summed E-state index contributed by atoms with van der Waals surface area (Å²) in [6, 6.07) is 0.662. The predicted molar refractivity (Wildman–Crippen MR) is 210 cm³/mol. The standard InChI is InChI=1S/C41H76N4O9/c1-6-9-26-50-32-36(30-43-28-34(43)4)53-38(46)21-17-13-11-15-19-23-42-40(48)45(41(49)52-25-8-3)24-20-16-12-14-18-22-39(47)54-37(31-44-29-35(44)5)33-51-27-10-7-2/h34-37H,6-33H2,1-5H3,(H,42,48). The Morgan fingerprint density at radius 3 is 1.56 bits per heavy atom. The Hall–Kier alpha value is -2.48. The van der Waals surface area contributed by atoms with E-state index in [0.29, 0.717) is 70.7 Å². The molecule has 2 saturated heterocycles. The van der Waals surface area contributed by atoms with Gasteiger partial charge >= 0.3 is 24.1 Å². The van der Waals surface area contributed by atoms with Crippen LogP contribution in [0.5, 0.6) is 0 Å². The van der Waals surface area contributed by atoms with Crippen LogP contribution in [0, 0.1) is 0 Å². The normalized spacial score (nSPS) is 19.8. The Labute approximate surface area is 326 Å². The van der Waals surface area contributed by atoms with Crippen molar-refractivity contribution in [3.63, 3.8) is 0 Å². The summed E-state index contributed by atoms with van der Waals surface area (Å²) in [7, 11) is 0. The van der Waals surface area contributed by atoms with Crippen LogP contribution in [0.1, 0.15) is 144 Å². The van der Waals surface area contributed by atoms with Crippen molar-refractivity contribution in [1.29, 1.82) is 0 Å². The van der Waals surface area contributed by atoms with Crippen molar-refractivity contribution in [2.75, 3.05) is 72.3 Å². The van der Waals surface area contributed by atoms with Crippen molar-refractivity contribution in [3.8, 4) is 0 Å². The third-order valence-electron chi connectivity index (χ3n) is 9.83. The molecule has 2 aliphatic rings. The van der Waals surface area contributed by atoms with Gasteiger partial charge in [-0.1, -0.05) is 72.1 Å². The molecule has 2 heterocycles. The molecule has 0 aromatic rings. The molecule has 0 bridgehead atoms. The van der Waals surface area contributed by atoms with Crippen LogP contribution in [0.3, 0.4) is 0 Å². The predicted octanol–water partition coefficient (Wildman–Crippen LogP) is 7.09. The van der Waals surface area contributed by atoms with E-state index in [1.165, 1.54) is 4.90 Å². The van der Waals surface area contributed by atoms with Gasteiger partial charge < -0.3 is 29.0 Å². The zero-order valence-electron chi connectivity index (χ0n) is 34.6. The molecule has 13 nitrogen and oxygen atoms in total. The molecule has 0 aromatic carbocycles. The van der Waals surface area contributed by atoms with Crippen molar-refractivity contribution in [1.82, 2.24) is 20.0 Å². The van der Waals surface area contributed by atoms with Gasteiger partial charge in [-0.25, -0.2) is 14.5 Å². The number of carbonyl (C=O) groups excluding carboxylic acids is 4. The van der Waals surface area contributed by atoms with Gasteiger partial charge in [0.05, 0.1) is 19.8 Å². The maximum atomic E-state index is 12.9. The summed E-state index contributed by atoms with van der Waals surface area (Å²) in [5.41, 5.74) is 0. The van der Waals surface area contributed by atoms with Crippen molar-refractivity contribution >= 4 is 24.1 Å². The number of hydrogen-bond acceptors (Lipinski definition) is 11. The zero-order valence-corrected chi connectivity index (χ0v) is 34.6. The molecule has 2 fully saturated rings. The number of esters is 2. The van der Waals surface area contributed by atoms with Crippen LogP contribution < -0.4 is 5.32 Å². The number of ether oxygens (including phenoxy) is 5. The Morgan fingerprint density at radius 2 is 1.09 bits per heavy atom. The largest absolute Gasteiger partial charge is 0.459 e. The van der Waals surface area contributed by atoms with E-state index in [1.54, 1.807) is 0 Å². The van der Waals surface area contributed by atoms with Crippen LogP contribution in [-0.2, 0) is 33.3 Å². The Morgan fingerprint density at radius 1 is 0.630 bits per heavy atom. The number of rotatable bonds is 34. The highest BCUT2D eigenvalue weighted by atomic mass is 16.6. The first-order valence-corrected chi connectivity index (χ1v) is 21.4. The molecule has 0 spiro atoms. The number of amides is 3. The lowest BCUT2D eigenvalue weighted by Gasteiger charge is -2.21. The molecule has 2 rings (SSSR count). The Bertz CT molecular complexity index is 1030. The molecule has 3 amide bonds. The minimum Gasteiger partial charge on any atom is -0.459 e. The van der Waals surface area contributed by atoms with Gasteiger partial charge in [-0.2, -0.15) is 0 Å². The number of carbonyl (C=O) groups is 4. The lowest BCUT2D eigenvalue weighted by atomic mass is 10.1. The highest BCUT2D eigenvalue weighted by Crippen LogP contribution is 2.19. The van der Waals surface area contributed by atoms with Gasteiger partial charge in [0.1, 0.15) is 12.2 Å².